The second-order valence-corrected chi connectivity index (χ2v) is 5.82. The Morgan fingerprint density at radius 3 is 2.30 bits per heavy atom. The van der Waals surface area contributed by atoms with E-state index in [0.29, 0.717) is 19.5 Å². The largest absolute Gasteiger partial charge is 0.342 e. The van der Waals surface area contributed by atoms with Crippen molar-refractivity contribution in [2.75, 3.05) is 19.6 Å². The highest BCUT2D eigenvalue weighted by Crippen LogP contribution is 2.24. The Kier molecular flexibility index (Phi) is 5.14. The van der Waals surface area contributed by atoms with Gasteiger partial charge >= 0.3 is 6.03 Å². The molecular weight excluding hydrogens is 258 g/mol. The van der Waals surface area contributed by atoms with Crippen molar-refractivity contribution in [3.8, 4) is 0 Å². The van der Waals surface area contributed by atoms with Crippen LogP contribution in [-0.4, -0.2) is 52.8 Å². The lowest BCUT2D eigenvalue weighted by Crippen LogP contribution is -2.46. The van der Waals surface area contributed by atoms with Crippen LogP contribution in [0.25, 0.3) is 0 Å². The Balaban J connectivity index is 2.80. The van der Waals surface area contributed by atoms with Gasteiger partial charge in [-0.05, 0) is 33.1 Å². The molecule has 4 amide bonds. The maximum Gasteiger partial charge on any atom is 0.325 e. The second kappa shape index (κ2) is 6.24. The third kappa shape index (κ3) is 3.29. The molecule has 0 aromatic carbocycles. The molecular formula is C14H25N3O3. The zero-order valence-electron chi connectivity index (χ0n) is 13.0. The van der Waals surface area contributed by atoms with Crippen LogP contribution in [0.3, 0.4) is 0 Å². The lowest BCUT2D eigenvalue weighted by molar-refractivity contribution is -0.138. The van der Waals surface area contributed by atoms with Crippen LogP contribution < -0.4 is 5.32 Å². The van der Waals surface area contributed by atoms with Crippen LogP contribution >= 0.6 is 0 Å². The maximum atomic E-state index is 12.4. The lowest BCUT2D eigenvalue weighted by Gasteiger charge is -2.24. The van der Waals surface area contributed by atoms with Crippen LogP contribution in [0.4, 0.5) is 4.79 Å². The van der Waals surface area contributed by atoms with Crippen molar-refractivity contribution in [2.24, 2.45) is 5.92 Å². The van der Waals surface area contributed by atoms with Crippen molar-refractivity contribution >= 4 is 17.8 Å². The van der Waals surface area contributed by atoms with Crippen LogP contribution in [0, 0.1) is 5.92 Å². The number of amides is 4. The zero-order valence-corrected chi connectivity index (χ0v) is 13.0. The number of carbonyl (C=O) groups is 3. The fraction of sp³-hybridized carbons (Fsp3) is 0.786. The van der Waals surface area contributed by atoms with Crippen molar-refractivity contribution in [3.63, 3.8) is 0 Å². The van der Waals surface area contributed by atoms with E-state index in [0.717, 1.165) is 4.90 Å². The minimum absolute atomic E-state index is 0.181. The molecule has 0 aromatic heterocycles. The van der Waals surface area contributed by atoms with Crippen molar-refractivity contribution < 1.29 is 14.4 Å². The van der Waals surface area contributed by atoms with Gasteiger partial charge in [0, 0.05) is 13.1 Å². The molecule has 0 aromatic rings. The molecule has 20 heavy (non-hydrogen) atoms. The number of rotatable bonds is 6. The van der Waals surface area contributed by atoms with Gasteiger partial charge in [0.05, 0.1) is 0 Å². The molecule has 1 saturated heterocycles. The van der Waals surface area contributed by atoms with E-state index in [1.54, 1.807) is 11.8 Å². The topological polar surface area (TPSA) is 69.7 Å². The molecule has 1 rings (SSSR count). The van der Waals surface area contributed by atoms with E-state index in [2.05, 4.69) is 5.32 Å². The van der Waals surface area contributed by atoms with Crippen LogP contribution in [0.1, 0.15) is 41.0 Å². The number of hydrogen-bond acceptors (Lipinski definition) is 3. The molecule has 6 nitrogen and oxygen atoms in total. The summed E-state index contributed by atoms with van der Waals surface area (Å²) in [4.78, 5) is 39.0. The summed E-state index contributed by atoms with van der Waals surface area (Å²) in [7, 11) is 0. The van der Waals surface area contributed by atoms with E-state index in [9.17, 15) is 14.4 Å². The first-order valence-electron chi connectivity index (χ1n) is 7.17. The summed E-state index contributed by atoms with van der Waals surface area (Å²) in [6, 6.07) is -0.473. The highest BCUT2D eigenvalue weighted by Gasteiger charge is 2.48. The molecule has 114 valence electrons. The lowest BCUT2D eigenvalue weighted by atomic mass is 9.91. The first-order chi connectivity index (χ1) is 9.25. The number of likely N-dealkylation sites (N-methyl/N-ethyl adjacent to an activating group) is 1. The SMILES string of the molecule is CCN(CC)C(=O)CN1C(=O)NC(C)(CC(C)C)C1=O. The summed E-state index contributed by atoms with van der Waals surface area (Å²) in [5, 5.41) is 2.71. The van der Waals surface area contributed by atoms with Gasteiger partial charge in [-0.3, -0.25) is 14.5 Å². The van der Waals surface area contributed by atoms with Crippen LogP contribution in [-0.2, 0) is 9.59 Å². The molecule has 1 aliphatic rings. The molecule has 1 atom stereocenters. The average Bonchev–Trinajstić information content (AvgIpc) is 2.53. The predicted molar refractivity (Wildman–Crippen MR) is 76.0 cm³/mol. The third-order valence-electron chi connectivity index (χ3n) is 3.57. The van der Waals surface area contributed by atoms with E-state index in [1.165, 1.54) is 0 Å². The minimum Gasteiger partial charge on any atom is -0.342 e. The fourth-order valence-electron chi connectivity index (χ4n) is 2.66. The number of urea groups is 1. The van der Waals surface area contributed by atoms with E-state index in [1.807, 2.05) is 27.7 Å². The molecule has 0 bridgehead atoms. The predicted octanol–water partition coefficient (Wildman–Crippen LogP) is 1.21. The zero-order chi connectivity index (χ0) is 15.5. The summed E-state index contributed by atoms with van der Waals surface area (Å²) >= 11 is 0. The number of carbonyl (C=O) groups excluding carboxylic acids is 3. The van der Waals surface area contributed by atoms with Gasteiger partial charge in [-0.2, -0.15) is 0 Å². The van der Waals surface area contributed by atoms with Crippen molar-refractivity contribution in [1.82, 2.24) is 15.1 Å². The first-order valence-corrected chi connectivity index (χ1v) is 7.17. The average molecular weight is 283 g/mol. The smallest absolute Gasteiger partial charge is 0.325 e. The van der Waals surface area contributed by atoms with Gasteiger partial charge in [-0.25, -0.2) is 4.79 Å². The molecule has 1 aliphatic heterocycles. The van der Waals surface area contributed by atoms with Gasteiger partial charge in [0.15, 0.2) is 0 Å². The highest BCUT2D eigenvalue weighted by molar-refractivity contribution is 6.08. The van der Waals surface area contributed by atoms with E-state index in [-0.39, 0.29) is 24.3 Å². The minimum atomic E-state index is -0.894. The molecule has 1 N–H and O–H groups in total. The normalized spacial score (nSPS) is 22.4. The van der Waals surface area contributed by atoms with Crippen LogP contribution in [0.2, 0.25) is 0 Å². The molecule has 1 heterocycles. The van der Waals surface area contributed by atoms with E-state index < -0.39 is 11.6 Å². The summed E-state index contributed by atoms with van der Waals surface area (Å²) in [6.45, 7) is 10.4. The Morgan fingerprint density at radius 1 is 1.30 bits per heavy atom. The van der Waals surface area contributed by atoms with E-state index in [4.69, 9.17) is 0 Å². The summed E-state index contributed by atoms with van der Waals surface area (Å²) < 4.78 is 0. The van der Waals surface area contributed by atoms with Gasteiger partial charge in [0.25, 0.3) is 5.91 Å². The van der Waals surface area contributed by atoms with Gasteiger partial charge in [0.2, 0.25) is 5.91 Å². The number of nitrogens with one attached hydrogen (secondary N) is 1. The van der Waals surface area contributed by atoms with Gasteiger partial charge in [-0.1, -0.05) is 13.8 Å². The summed E-state index contributed by atoms with van der Waals surface area (Å²) in [5.41, 5.74) is -0.894. The standard InChI is InChI=1S/C14H25N3O3/c1-6-16(7-2)11(18)9-17-12(19)14(5,8-10(3)4)15-13(17)20/h10H,6-9H2,1-5H3,(H,15,20). The number of imide groups is 1. The van der Waals surface area contributed by atoms with Crippen LogP contribution in [0.5, 0.6) is 0 Å². The van der Waals surface area contributed by atoms with E-state index >= 15 is 0 Å². The summed E-state index contributed by atoms with van der Waals surface area (Å²) in [5.74, 6) is -0.230. The monoisotopic (exact) mass is 283 g/mol. The first kappa shape index (κ1) is 16.5. The Morgan fingerprint density at radius 2 is 1.85 bits per heavy atom. The molecule has 0 saturated carbocycles. The second-order valence-electron chi connectivity index (χ2n) is 5.82. The summed E-state index contributed by atoms with van der Waals surface area (Å²) in [6.07, 6.45) is 0.563. The highest BCUT2D eigenvalue weighted by atomic mass is 16.2. The van der Waals surface area contributed by atoms with Gasteiger partial charge < -0.3 is 10.2 Å². The van der Waals surface area contributed by atoms with Crippen LogP contribution in [0.15, 0.2) is 0 Å². The fourth-order valence-corrected chi connectivity index (χ4v) is 2.66. The van der Waals surface area contributed by atoms with Gasteiger partial charge in [0.1, 0.15) is 12.1 Å². The molecule has 0 aliphatic carbocycles. The molecule has 0 radical (unpaired) electrons. The van der Waals surface area contributed by atoms with Gasteiger partial charge in [-0.15, -0.1) is 0 Å². The molecule has 6 heteroatoms. The molecule has 1 fully saturated rings. The molecule has 0 spiro atoms. The Bertz CT molecular complexity index is 404. The Labute approximate surface area is 120 Å². The Hall–Kier alpha value is -1.59. The van der Waals surface area contributed by atoms with Crippen molar-refractivity contribution in [3.05, 3.63) is 0 Å². The quantitative estimate of drug-likeness (QED) is 0.745. The third-order valence-corrected chi connectivity index (χ3v) is 3.57. The van der Waals surface area contributed by atoms with Crippen molar-refractivity contribution in [2.45, 2.75) is 46.6 Å². The molecule has 1 unspecified atom stereocenters. The number of nitrogens with zero attached hydrogens (tertiary/aromatic N) is 2. The maximum absolute atomic E-state index is 12.4. The van der Waals surface area contributed by atoms with Crippen molar-refractivity contribution in [1.29, 1.82) is 0 Å². The number of hydrogen-bond donors (Lipinski definition) is 1.